The number of nitrogens with zero attached hydrogens (tertiary/aromatic N) is 4. The quantitative estimate of drug-likeness (QED) is 0.653. The number of pyridine rings is 1. The van der Waals surface area contributed by atoms with Gasteiger partial charge in [0.1, 0.15) is 17.8 Å². The topological polar surface area (TPSA) is 80.1 Å². The molecule has 0 radical (unpaired) electrons. The molecule has 3 heterocycles. The van der Waals surface area contributed by atoms with E-state index < -0.39 is 6.43 Å². The fourth-order valence-electron chi connectivity index (χ4n) is 4.29. The van der Waals surface area contributed by atoms with Crippen LogP contribution in [0, 0.1) is 6.92 Å². The van der Waals surface area contributed by atoms with Crippen molar-refractivity contribution in [2.45, 2.75) is 39.2 Å². The number of halogens is 2. The van der Waals surface area contributed by atoms with Crippen LogP contribution < -0.4 is 10.9 Å². The van der Waals surface area contributed by atoms with Gasteiger partial charge in [-0.05, 0) is 31.0 Å². The zero-order valence-corrected chi connectivity index (χ0v) is 18.4. The average Bonchev–Trinajstić information content (AvgIpc) is 2.70. The van der Waals surface area contributed by atoms with Gasteiger partial charge >= 0.3 is 0 Å². The second-order valence-corrected chi connectivity index (χ2v) is 8.27. The number of amides is 1. The van der Waals surface area contributed by atoms with Gasteiger partial charge in [0.25, 0.3) is 12.0 Å². The molecule has 32 heavy (non-hydrogen) atoms. The summed E-state index contributed by atoms with van der Waals surface area (Å²) in [6, 6.07) is 6.36. The first kappa shape index (κ1) is 21.9. The van der Waals surface area contributed by atoms with E-state index in [0.29, 0.717) is 41.1 Å². The fourth-order valence-corrected chi connectivity index (χ4v) is 4.29. The van der Waals surface area contributed by atoms with Gasteiger partial charge in [-0.1, -0.05) is 18.2 Å². The maximum Gasteiger partial charge on any atom is 0.264 e. The number of rotatable bonds is 5. The van der Waals surface area contributed by atoms with Crippen molar-refractivity contribution in [1.82, 2.24) is 19.4 Å². The zero-order chi connectivity index (χ0) is 23.2. The van der Waals surface area contributed by atoms with Crippen LogP contribution in [0.5, 0.6) is 0 Å². The Hall–Kier alpha value is -3.36. The van der Waals surface area contributed by atoms with E-state index in [1.165, 1.54) is 23.9 Å². The zero-order valence-electron chi connectivity index (χ0n) is 18.4. The SMILES string of the molecule is CC(=O)N1CC(c2cc3c(N[C@H](C)c4cccc(C(F)F)c4C)ncnc3n(C)c2=O)C1. The summed E-state index contributed by atoms with van der Waals surface area (Å²) in [5.74, 6) is 0.459. The molecular formula is C23H25F2N5O2. The van der Waals surface area contributed by atoms with Crippen molar-refractivity contribution in [3.63, 3.8) is 0 Å². The molecule has 4 rings (SSSR count). The van der Waals surface area contributed by atoms with Crippen LogP contribution >= 0.6 is 0 Å². The van der Waals surface area contributed by atoms with Crippen LogP contribution in [0.25, 0.3) is 11.0 Å². The van der Waals surface area contributed by atoms with Gasteiger partial charge in [-0.15, -0.1) is 0 Å². The molecule has 1 aromatic carbocycles. The molecule has 1 aliphatic heterocycles. The number of aryl methyl sites for hydroxylation is 1. The highest BCUT2D eigenvalue weighted by molar-refractivity contribution is 5.87. The van der Waals surface area contributed by atoms with Gasteiger partial charge < -0.3 is 10.2 Å². The molecule has 2 aromatic heterocycles. The second-order valence-electron chi connectivity index (χ2n) is 8.27. The Kier molecular flexibility index (Phi) is 5.66. The molecule has 0 unspecified atom stereocenters. The molecule has 7 nitrogen and oxygen atoms in total. The summed E-state index contributed by atoms with van der Waals surface area (Å²) in [5.41, 5.74) is 2.23. The van der Waals surface area contributed by atoms with Crippen molar-refractivity contribution < 1.29 is 13.6 Å². The number of benzene rings is 1. The number of hydrogen-bond acceptors (Lipinski definition) is 5. The Labute approximate surface area is 184 Å². The Bertz CT molecular complexity index is 1250. The average molecular weight is 441 g/mol. The lowest BCUT2D eigenvalue weighted by molar-refractivity contribution is -0.133. The minimum atomic E-state index is -2.55. The minimum Gasteiger partial charge on any atom is -0.363 e. The largest absolute Gasteiger partial charge is 0.363 e. The first-order valence-corrected chi connectivity index (χ1v) is 10.4. The van der Waals surface area contributed by atoms with E-state index >= 15 is 0 Å². The highest BCUT2D eigenvalue weighted by atomic mass is 19.3. The molecule has 0 aliphatic carbocycles. The summed E-state index contributed by atoms with van der Waals surface area (Å²) in [5, 5.41) is 3.98. The van der Waals surface area contributed by atoms with Crippen molar-refractivity contribution in [1.29, 1.82) is 0 Å². The van der Waals surface area contributed by atoms with Crippen LogP contribution in [0.1, 0.15) is 54.5 Å². The molecule has 0 saturated carbocycles. The van der Waals surface area contributed by atoms with E-state index in [4.69, 9.17) is 0 Å². The Balaban J connectivity index is 1.72. The summed E-state index contributed by atoms with van der Waals surface area (Å²) in [6.45, 7) is 6.08. The third kappa shape index (κ3) is 3.72. The first-order valence-electron chi connectivity index (χ1n) is 10.4. The van der Waals surface area contributed by atoms with Crippen LogP contribution in [-0.4, -0.2) is 38.4 Å². The number of alkyl halides is 2. The standard InChI is InChI=1S/C23H25F2N5O2/c1-12-16(6-5-7-17(12)20(24)25)13(2)28-21-19-8-18(15-9-30(10-15)14(3)31)23(32)29(4)22(19)27-11-26-21/h5-8,11,13,15,20H,9-10H2,1-4H3,(H,26,27,28)/t13-/m1/s1. The van der Waals surface area contributed by atoms with E-state index in [-0.39, 0.29) is 29.0 Å². The molecule has 168 valence electrons. The molecule has 1 atom stereocenters. The van der Waals surface area contributed by atoms with Crippen molar-refractivity contribution >= 4 is 22.8 Å². The Morgan fingerprint density at radius 2 is 1.91 bits per heavy atom. The Morgan fingerprint density at radius 1 is 1.22 bits per heavy atom. The van der Waals surface area contributed by atoms with Crippen molar-refractivity contribution in [3.8, 4) is 0 Å². The van der Waals surface area contributed by atoms with Crippen molar-refractivity contribution in [3.05, 3.63) is 63.2 Å². The van der Waals surface area contributed by atoms with Gasteiger partial charge in [0.2, 0.25) is 5.91 Å². The number of carbonyl (C=O) groups is 1. The monoisotopic (exact) mass is 441 g/mol. The normalized spacial score (nSPS) is 15.2. The van der Waals surface area contributed by atoms with E-state index in [0.717, 1.165) is 5.56 Å². The van der Waals surface area contributed by atoms with Crippen LogP contribution in [0.3, 0.4) is 0 Å². The number of nitrogens with one attached hydrogen (secondary N) is 1. The predicted molar refractivity (Wildman–Crippen MR) is 118 cm³/mol. The molecule has 1 N–H and O–H groups in total. The van der Waals surface area contributed by atoms with Gasteiger partial charge in [-0.25, -0.2) is 18.7 Å². The van der Waals surface area contributed by atoms with E-state index in [2.05, 4.69) is 15.3 Å². The molecule has 1 saturated heterocycles. The summed E-state index contributed by atoms with van der Waals surface area (Å²) in [7, 11) is 1.66. The van der Waals surface area contributed by atoms with Crippen LogP contribution in [0.15, 0.2) is 35.4 Å². The molecule has 1 amide bonds. The number of anilines is 1. The van der Waals surface area contributed by atoms with Gasteiger partial charge in [0.15, 0.2) is 0 Å². The number of likely N-dealkylation sites (tertiary alicyclic amines) is 1. The number of fused-ring (bicyclic) bond motifs is 1. The lowest BCUT2D eigenvalue weighted by Crippen LogP contribution is -2.49. The Morgan fingerprint density at radius 3 is 2.56 bits per heavy atom. The number of carbonyl (C=O) groups excluding carboxylic acids is 1. The highest BCUT2D eigenvalue weighted by Crippen LogP contribution is 2.32. The highest BCUT2D eigenvalue weighted by Gasteiger charge is 2.32. The van der Waals surface area contributed by atoms with Crippen LogP contribution in [0.4, 0.5) is 14.6 Å². The van der Waals surface area contributed by atoms with E-state index in [1.807, 2.05) is 13.0 Å². The predicted octanol–water partition coefficient (Wildman–Crippen LogP) is 3.69. The summed E-state index contributed by atoms with van der Waals surface area (Å²) < 4.78 is 28.1. The van der Waals surface area contributed by atoms with Crippen molar-refractivity contribution in [2.75, 3.05) is 18.4 Å². The number of hydrogen-bond donors (Lipinski definition) is 1. The smallest absolute Gasteiger partial charge is 0.264 e. The van der Waals surface area contributed by atoms with Gasteiger partial charge in [-0.2, -0.15) is 0 Å². The van der Waals surface area contributed by atoms with Crippen LogP contribution in [-0.2, 0) is 11.8 Å². The summed E-state index contributed by atoms with van der Waals surface area (Å²) in [4.78, 5) is 34.8. The molecule has 1 fully saturated rings. The lowest BCUT2D eigenvalue weighted by atomic mass is 9.91. The summed E-state index contributed by atoms with van der Waals surface area (Å²) in [6.07, 6.45) is -1.17. The van der Waals surface area contributed by atoms with Crippen molar-refractivity contribution in [2.24, 2.45) is 7.05 Å². The molecular weight excluding hydrogens is 416 g/mol. The molecule has 0 bridgehead atoms. The maximum absolute atomic E-state index is 13.3. The second kappa shape index (κ2) is 8.29. The van der Waals surface area contributed by atoms with Gasteiger partial charge in [0.05, 0.1) is 11.4 Å². The van der Waals surface area contributed by atoms with Crippen LogP contribution in [0.2, 0.25) is 0 Å². The minimum absolute atomic E-state index is 0.00777. The lowest BCUT2D eigenvalue weighted by Gasteiger charge is -2.38. The van der Waals surface area contributed by atoms with Gasteiger partial charge in [0, 0.05) is 44.1 Å². The van der Waals surface area contributed by atoms with Gasteiger partial charge in [-0.3, -0.25) is 14.2 Å². The third-order valence-corrected chi connectivity index (χ3v) is 6.27. The molecule has 0 spiro atoms. The molecule has 1 aliphatic rings. The first-order chi connectivity index (χ1) is 15.2. The van der Waals surface area contributed by atoms with E-state index in [1.54, 1.807) is 31.0 Å². The fraction of sp³-hybridized carbons (Fsp3) is 0.391. The number of aromatic nitrogens is 3. The molecule has 9 heteroatoms. The van der Waals surface area contributed by atoms with E-state index in [9.17, 15) is 18.4 Å². The molecule has 3 aromatic rings. The summed E-state index contributed by atoms with van der Waals surface area (Å²) >= 11 is 0. The maximum atomic E-state index is 13.3. The third-order valence-electron chi connectivity index (χ3n) is 6.27.